The molecular formula is C19H14FN5O3. The van der Waals surface area contributed by atoms with Gasteiger partial charge < -0.3 is 14.0 Å². The Bertz CT molecular complexity index is 1100. The summed E-state index contributed by atoms with van der Waals surface area (Å²) in [7, 11) is 1.47. The van der Waals surface area contributed by atoms with Gasteiger partial charge in [-0.15, -0.1) is 10.2 Å². The molecule has 4 aromatic rings. The topological polar surface area (TPSA) is 95.5 Å². The molecule has 140 valence electrons. The van der Waals surface area contributed by atoms with E-state index in [0.717, 1.165) is 22.7 Å². The predicted molar refractivity (Wildman–Crippen MR) is 97.3 cm³/mol. The average Bonchev–Trinajstić information content (AvgIpc) is 3.25. The fourth-order valence-corrected chi connectivity index (χ4v) is 2.60. The van der Waals surface area contributed by atoms with E-state index in [4.69, 9.17) is 14.0 Å². The van der Waals surface area contributed by atoms with E-state index in [9.17, 15) is 4.39 Å². The number of halogens is 1. The first-order valence-corrected chi connectivity index (χ1v) is 8.23. The first-order valence-electron chi connectivity index (χ1n) is 8.23. The minimum Gasteiger partial charge on any atom is -0.474 e. The van der Waals surface area contributed by atoms with Gasteiger partial charge in [-0.05, 0) is 36.4 Å². The van der Waals surface area contributed by atoms with Crippen molar-refractivity contribution in [2.45, 2.75) is 6.10 Å². The van der Waals surface area contributed by atoms with Crippen molar-refractivity contribution in [1.82, 2.24) is 20.2 Å². The Morgan fingerprint density at radius 1 is 1.14 bits per heavy atom. The molecule has 0 amide bonds. The molecule has 0 radical (unpaired) electrons. The number of nitrogens with zero attached hydrogens (tertiary/aromatic N) is 5. The maximum Gasteiger partial charge on any atom is 0.263 e. The zero-order valence-corrected chi connectivity index (χ0v) is 14.7. The molecule has 0 bridgehead atoms. The van der Waals surface area contributed by atoms with Gasteiger partial charge in [-0.25, -0.2) is 4.39 Å². The summed E-state index contributed by atoms with van der Waals surface area (Å²) in [5, 5.41) is 12.2. The van der Waals surface area contributed by atoms with E-state index >= 15 is 0 Å². The Morgan fingerprint density at radius 2 is 2.07 bits per heavy atom. The third kappa shape index (κ3) is 3.78. The van der Waals surface area contributed by atoms with Crippen molar-refractivity contribution in [3.8, 4) is 5.75 Å². The lowest BCUT2D eigenvalue weighted by Gasteiger charge is -2.15. The maximum atomic E-state index is 13.2. The van der Waals surface area contributed by atoms with Gasteiger partial charge in [-0.1, -0.05) is 5.16 Å². The van der Waals surface area contributed by atoms with Crippen molar-refractivity contribution in [3.63, 3.8) is 0 Å². The van der Waals surface area contributed by atoms with Crippen molar-refractivity contribution < 1.29 is 18.4 Å². The fraction of sp³-hybridized carbons (Fsp3) is 0.105. The molecule has 3 aromatic heterocycles. The van der Waals surface area contributed by atoms with Gasteiger partial charge in [0.2, 0.25) is 12.5 Å². The number of aromatic nitrogens is 4. The summed E-state index contributed by atoms with van der Waals surface area (Å²) in [6, 6.07) is 10.1. The number of oxime groups is 1. The van der Waals surface area contributed by atoms with Crippen molar-refractivity contribution in [2.75, 3.05) is 7.11 Å². The minimum absolute atomic E-state index is 0.207. The van der Waals surface area contributed by atoms with E-state index in [1.807, 2.05) is 18.2 Å². The van der Waals surface area contributed by atoms with Gasteiger partial charge in [-0.3, -0.25) is 9.97 Å². The normalized spacial score (nSPS) is 12.4. The summed E-state index contributed by atoms with van der Waals surface area (Å²) in [6.45, 7) is 0. The Kier molecular flexibility index (Phi) is 4.87. The Hall–Kier alpha value is -3.88. The van der Waals surface area contributed by atoms with Crippen LogP contribution in [-0.2, 0) is 4.84 Å². The highest BCUT2D eigenvalue weighted by Crippen LogP contribution is 2.28. The lowest BCUT2D eigenvalue weighted by Crippen LogP contribution is -2.12. The van der Waals surface area contributed by atoms with Gasteiger partial charge >= 0.3 is 0 Å². The van der Waals surface area contributed by atoms with Crippen LogP contribution in [0, 0.1) is 5.82 Å². The van der Waals surface area contributed by atoms with Crippen molar-refractivity contribution in [1.29, 1.82) is 0 Å². The summed E-state index contributed by atoms with van der Waals surface area (Å²) in [6.07, 6.45) is 4.76. The van der Waals surface area contributed by atoms with Gasteiger partial charge in [0.1, 0.15) is 18.7 Å². The highest BCUT2D eigenvalue weighted by atomic mass is 19.1. The number of hydrogen-bond donors (Lipinski definition) is 0. The molecule has 28 heavy (non-hydrogen) atoms. The first-order chi connectivity index (χ1) is 13.7. The van der Waals surface area contributed by atoms with Crippen LogP contribution in [0.3, 0.4) is 0 Å². The summed E-state index contributed by atoms with van der Waals surface area (Å²) in [4.78, 5) is 13.1. The summed E-state index contributed by atoms with van der Waals surface area (Å²) in [5.74, 6) is 0.290. The zero-order chi connectivity index (χ0) is 19.3. The van der Waals surface area contributed by atoms with E-state index in [2.05, 4.69) is 25.3 Å². The van der Waals surface area contributed by atoms with Crippen LogP contribution in [0.1, 0.15) is 23.3 Å². The molecule has 1 aromatic carbocycles. The molecule has 0 saturated heterocycles. The highest BCUT2D eigenvalue weighted by Gasteiger charge is 2.23. The van der Waals surface area contributed by atoms with Gasteiger partial charge in [0.15, 0.2) is 0 Å². The van der Waals surface area contributed by atoms with Crippen LogP contribution in [0.25, 0.3) is 10.9 Å². The van der Waals surface area contributed by atoms with Gasteiger partial charge in [0.25, 0.3) is 5.89 Å². The van der Waals surface area contributed by atoms with Crippen LogP contribution >= 0.6 is 0 Å². The summed E-state index contributed by atoms with van der Waals surface area (Å²) >= 11 is 0. The Labute approximate surface area is 158 Å². The van der Waals surface area contributed by atoms with E-state index in [1.165, 1.54) is 25.6 Å². The minimum atomic E-state index is -0.785. The lowest BCUT2D eigenvalue weighted by molar-refractivity contribution is 0.203. The number of rotatable bonds is 6. The number of hydrogen-bond acceptors (Lipinski definition) is 8. The summed E-state index contributed by atoms with van der Waals surface area (Å²) < 4.78 is 24.6. The van der Waals surface area contributed by atoms with Crippen LogP contribution in [0.15, 0.2) is 64.8 Å². The van der Waals surface area contributed by atoms with Crippen molar-refractivity contribution in [3.05, 3.63) is 78.2 Å². The molecule has 0 aliphatic heterocycles. The van der Waals surface area contributed by atoms with Crippen LogP contribution in [-0.4, -0.2) is 33.5 Å². The molecule has 1 atom stereocenters. The van der Waals surface area contributed by atoms with Crippen molar-refractivity contribution in [2.24, 2.45) is 5.16 Å². The zero-order valence-electron chi connectivity index (χ0n) is 14.7. The monoisotopic (exact) mass is 379 g/mol. The number of ether oxygens (including phenoxy) is 1. The van der Waals surface area contributed by atoms with Crippen LogP contribution < -0.4 is 4.74 Å². The largest absolute Gasteiger partial charge is 0.474 e. The third-order valence-corrected chi connectivity index (χ3v) is 3.86. The van der Waals surface area contributed by atoms with Gasteiger partial charge in [0, 0.05) is 17.1 Å². The van der Waals surface area contributed by atoms with E-state index in [0.29, 0.717) is 11.4 Å². The molecule has 4 rings (SSSR count). The van der Waals surface area contributed by atoms with E-state index in [1.54, 1.807) is 18.5 Å². The van der Waals surface area contributed by atoms with E-state index < -0.39 is 11.9 Å². The molecule has 0 unspecified atom stereocenters. The van der Waals surface area contributed by atoms with Crippen LogP contribution in [0.5, 0.6) is 5.75 Å². The first kappa shape index (κ1) is 17.5. The number of benzene rings is 1. The number of pyridine rings is 2. The molecule has 0 aliphatic rings. The molecule has 3 heterocycles. The molecular weight excluding hydrogens is 365 g/mol. The molecule has 9 heteroatoms. The maximum absolute atomic E-state index is 13.2. The smallest absolute Gasteiger partial charge is 0.263 e. The quantitative estimate of drug-likeness (QED) is 0.375. The Morgan fingerprint density at radius 3 is 2.82 bits per heavy atom. The SMILES string of the molecule is CO/N=C/c1cnc2ccc(O[C@@H](c3ccc(F)cn3)c3nnco3)cc2c1. The highest BCUT2D eigenvalue weighted by molar-refractivity contribution is 5.88. The molecule has 0 aliphatic carbocycles. The molecule has 0 N–H and O–H groups in total. The predicted octanol–water partition coefficient (Wildman–Crippen LogP) is 3.30. The average molecular weight is 379 g/mol. The third-order valence-electron chi connectivity index (χ3n) is 3.86. The van der Waals surface area contributed by atoms with Crippen molar-refractivity contribution >= 4 is 17.1 Å². The number of fused-ring (bicyclic) bond motifs is 1. The fourth-order valence-electron chi connectivity index (χ4n) is 2.60. The lowest BCUT2D eigenvalue weighted by atomic mass is 10.1. The van der Waals surface area contributed by atoms with Crippen LogP contribution in [0.2, 0.25) is 0 Å². The van der Waals surface area contributed by atoms with Crippen LogP contribution in [0.4, 0.5) is 4.39 Å². The standard InChI is InChI=1S/C19H14FN5O3/c1-26-24-9-12-6-13-7-15(3-5-16(13)21-8-12)28-18(19-25-23-11-27-19)17-4-2-14(20)10-22-17/h2-11,18H,1H3/b24-9+/t18-/m0/s1. The molecule has 0 spiro atoms. The second-order valence-electron chi connectivity index (χ2n) is 5.72. The summed E-state index contributed by atoms with van der Waals surface area (Å²) in [5.41, 5.74) is 2.00. The molecule has 8 nitrogen and oxygen atoms in total. The van der Waals surface area contributed by atoms with E-state index in [-0.39, 0.29) is 5.89 Å². The Balaban J connectivity index is 1.68. The second kappa shape index (κ2) is 7.78. The molecule has 0 fully saturated rings. The van der Waals surface area contributed by atoms with Gasteiger partial charge in [-0.2, -0.15) is 0 Å². The second-order valence-corrected chi connectivity index (χ2v) is 5.72. The van der Waals surface area contributed by atoms with Gasteiger partial charge in [0.05, 0.1) is 23.6 Å². The molecule has 0 saturated carbocycles.